The van der Waals surface area contributed by atoms with E-state index in [9.17, 15) is 12.8 Å². The molecule has 6 heteroatoms. The highest BCUT2D eigenvalue weighted by molar-refractivity contribution is 7.92. The van der Waals surface area contributed by atoms with Gasteiger partial charge in [-0.1, -0.05) is 6.07 Å². The van der Waals surface area contributed by atoms with Crippen molar-refractivity contribution in [1.82, 2.24) is 4.31 Å². The lowest BCUT2D eigenvalue weighted by Crippen LogP contribution is -2.23. The summed E-state index contributed by atoms with van der Waals surface area (Å²) in [5, 5.41) is 1.21. The van der Waals surface area contributed by atoms with E-state index in [0.717, 1.165) is 24.0 Å². The number of sulfonamides is 1. The second-order valence-corrected chi connectivity index (χ2v) is 6.92. The first kappa shape index (κ1) is 13.7. The molecule has 1 fully saturated rings. The van der Waals surface area contributed by atoms with E-state index >= 15 is 0 Å². The summed E-state index contributed by atoms with van der Waals surface area (Å²) in [6.07, 6.45) is 3.32. The van der Waals surface area contributed by atoms with Gasteiger partial charge in [-0.2, -0.15) is 4.31 Å². The summed E-state index contributed by atoms with van der Waals surface area (Å²) in [5.41, 5.74) is 1.60. The van der Waals surface area contributed by atoms with Crippen LogP contribution in [0.5, 0.6) is 0 Å². The molecule has 1 atom stereocenters. The minimum atomic E-state index is -3.48. The van der Waals surface area contributed by atoms with Gasteiger partial charge < -0.3 is 4.74 Å². The maximum absolute atomic E-state index is 13.1. The summed E-state index contributed by atoms with van der Waals surface area (Å²) in [5.74, 6) is -0.335. The van der Waals surface area contributed by atoms with E-state index < -0.39 is 10.0 Å². The van der Waals surface area contributed by atoms with Crippen LogP contribution in [0.4, 0.5) is 4.39 Å². The molecule has 0 spiro atoms. The molecule has 0 radical (unpaired) electrons. The predicted molar refractivity (Wildman–Crippen MR) is 72.7 cm³/mol. The van der Waals surface area contributed by atoms with Gasteiger partial charge in [-0.05, 0) is 42.2 Å². The van der Waals surface area contributed by atoms with Crippen LogP contribution >= 0.6 is 0 Å². The first-order valence-electron chi connectivity index (χ1n) is 6.62. The van der Waals surface area contributed by atoms with Gasteiger partial charge in [0, 0.05) is 25.1 Å². The topological polar surface area (TPSA) is 46.6 Å². The molecule has 0 bridgehead atoms. The van der Waals surface area contributed by atoms with Gasteiger partial charge in [0.1, 0.15) is 5.82 Å². The van der Waals surface area contributed by atoms with Crippen molar-refractivity contribution >= 4 is 10.0 Å². The molecule has 1 aromatic carbocycles. The van der Waals surface area contributed by atoms with Crippen molar-refractivity contribution in [1.29, 1.82) is 0 Å². The van der Waals surface area contributed by atoms with Crippen molar-refractivity contribution < 1.29 is 17.5 Å². The number of hydrogen-bond donors (Lipinski definition) is 0. The zero-order chi connectivity index (χ0) is 14.2. The highest BCUT2D eigenvalue weighted by Gasteiger charge is 2.28. The summed E-state index contributed by atoms with van der Waals surface area (Å²) in [7, 11) is -3.48. The molecule has 2 aliphatic rings. The third-order valence-electron chi connectivity index (χ3n) is 3.65. The summed E-state index contributed by atoms with van der Waals surface area (Å²) >= 11 is 0. The normalized spacial score (nSPS) is 23.6. The standard InChI is InChI=1S/C14H16FNO3S/c15-13-4-3-11-9-16(10-12(11)8-13)20(17,18)7-5-14-2-1-6-19-14/h3-5,7-8,14H,1-2,6,9-10H2/t14-/m1/s1. The molecule has 4 nitrogen and oxygen atoms in total. The second-order valence-electron chi connectivity index (χ2n) is 5.11. The molecule has 1 aromatic rings. The first-order valence-corrected chi connectivity index (χ1v) is 8.12. The van der Waals surface area contributed by atoms with Crippen LogP contribution in [0.3, 0.4) is 0 Å². The Bertz CT molecular complexity index is 636. The number of fused-ring (bicyclic) bond motifs is 1. The van der Waals surface area contributed by atoms with E-state index in [0.29, 0.717) is 13.2 Å². The van der Waals surface area contributed by atoms with Crippen LogP contribution in [0, 0.1) is 5.82 Å². The van der Waals surface area contributed by atoms with Crippen molar-refractivity contribution in [3.63, 3.8) is 0 Å². The molecule has 2 aliphatic heterocycles. The Hall–Kier alpha value is -1.24. The zero-order valence-electron chi connectivity index (χ0n) is 11.0. The Balaban J connectivity index is 1.74. The van der Waals surface area contributed by atoms with E-state index in [4.69, 9.17) is 4.74 Å². The molecule has 0 aromatic heterocycles. The molecule has 1 saturated heterocycles. The lowest BCUT2D eigenvalue weighted by atomic mass is 10.1. The summed E-state index contributed by atoms with van der Waals surface area (Å²) in [6, 6.07) is 4.40. The molecule has 20 heavy (non-hydrogen) atoms. The second kappa shape index (κ2) is 5.27. The number of hydrogen-bond acceptors (Lipinski definition) is 3. The molecular weight excluding hydrogens is 281 g/mol. The Labute approximate surface area is 117 Å². The molecule has 2 heterocycles. The Morgan fingerprint density at radius 2 is 2.10 bits per heavy atom. The largest absolute Gasteiger partial charge is 0.374 e. The SMILES string of the molecule is O=S(=O)(C=C[C@H]1CCCO1)N1Cc2ccc(F)cc2C1. The first-order chi connectivity index (χ1) is 9.54. The van der Waals surface area contributed by atoms with Gasteiger partial charge in [0.05, 0.1) is 6.10 Å². The number of ether oxygens (including phenoxy) is 1. The number of rotatable bonds is 3. The van der Waals surface area contributed by atoms with Crippen LogP contribution in [0.25, 0.3) is 0 Å². The van der Waals surface area contributed by atoms with Gasteiger partial charge >= 0.3 is 0 Å². The van der Waals surface area contributed by atoms with Crippen molar-refractivity contribution in [2.75, 3.05) is 6.61 Å². The monoisotopic (exact) mass is 297 g/mol. The molecule has 3 rings (SSSR count). The van der Waals surface area contributed by atoms with Crippen molar-refractivity contribution in [2.24, 2.45) is 0 Å². The van der Waals surface area contributed by atoms with Crippen LogP contribution in [0.2, 0.25) is 0 Å². The van der Waals surface area contributed by atoms with Crippen LogP contribution in [0.1, 0.15) is 24.0 Å². The maximum atomic E-state index is 13.1. The lowest BCUT2D eigenvalue weighted by Gasteiger charge is -2.12. The van der Waals surface area contributed by atoms with Gasteiger partial charge in [0.15, 0.2) is 0 Å². The maximum Gasteiger partial charge on any atom is 0.236 e. The fraction of sp³-hybridized carbons (Fsp3) is 0.429. The molecule has 0 saturated carbocycles. The summed E-state index contributed by atoms with van der Waals surface area (Å²) in [6.45, 7) is 1.21. The molecule has 0 amide bonds. The van der Waals surface area contributed by atoms with Crippen LogP contribution in [0.15, 0.2) is 29.7 Å². The molecule has 108 valence electrons. The van der Waals surface area contributed by atoms with Crippen molar-refractivity contribution in [2.45, 2.75) is 32.0 Å². The molecule has 0 N–H and O–H groups in total. The van der Waals surface area contributed by atoms with Crippen molar-refractivity contribution in [3.05, 3.63) is 46.6 Å². The van der Waals surface area contributed by atoms with Gasteiger partial charge in [-0.3, -0.25) is 0 Å². The smallest absolute Gasteiger partial charge is 0.236 e. The van der Waals surface area contributed by atoms with Gasteiger partial charge in [-0.15, -0.1) is 0 Å². The molecule has 0 unspecified atom stereocenters. The summed E-state index contributed by atoms with van der Waals surface area (Å²) < 4.78 is 44.3. The number of nitrogens with zero attached hydrogens (tertiary/aromatic N) is 1. The van der Waals surface area contributed by atoms with Crippen LogP contribution in [-0.4, -0.2) is 25.4 Å². The molecule has 0 aliphatic carbocycles. The lowest BCUT2D eigenvalue weighted by molar-refractivity contribution is 0.145. The molecular formula is C14H16FNO3S. The predicted octanol–water partition coefficient (Wildman–Crippen LogP) is 2.16. The Morgan fingerprint density at radius 3 is 2.85 bits per heavy atom. The number of benzene rings is 1. The third-order valence-corrected chi connectivity index (χ3v) is 5.13. The number of halogens is 1. The van der Waals surface area contributed by atoms with Gasteiger partial charge in [0.25, 0.3) is 0 Å². The highest BCUT2D eigenvalue weighted by Crippen LogP contribution is 2.26. The minimum absolute atomic E-state index is 0.104. The zero-order valence-corrected chi connectivity index (χ0v) is 11.8. The van der Waals surface area contributed by atoms with E-state index in [-0.39, 0.29) is 18.5 Å². The fourth-order valence-electron chi connectivity index (χ4n) is 2.54. The average Bonchev–Trinajstić information content (AvgIpc) is 3.05. The van der Waals surface area contributed by atoms with Gasteiger partial charge in [0.2, 0.25) is 10.0 Å². The third kappa shape index (κ3) is 2.77. The van der Waals surface area contributed by atoms with Gasteiger partial charge in [-0.25, -0.2) is 12.8 Å². The Kier molecular flexibility index (Phi) is 3.62. The van der Waals surface area contributed by atoms with E-state index in [1.165, 1.54) is 21.8 Å². The van der Waals surface area contributed by atoms with E-state index in [1.54, 1.807) is 12.1 Å². The van der Waals surface area contributed by atoms with Crippen LogP contribution in [-0.2, 0) is 27.8 Å². The fourth-order valence-corrected chi connectivity index (χ4v) is 3.72. The van der Waals surface area contributed by atoms with E-state index in [1.807, 2.05) is 0 Å². The quantitative estimate of drug-likeness (QED) is 0.859. The van der Waals surface area contributed by atoms with Crippen LogP contribution < -0.4 is 0 Å². The summed E-state index contributed by atoms with van der Waals surface area (Å²) in [4.78, 5) is 0. The minimum Gasteiger partial charge on any atom is -0.374 e. The van der Waals surface area contributed by atoms with E-state index in [2.05, 4.69) is 0 Å². The highest BCUT2D eigenvalue weighted by atomic mass is 32.2. The Morgan fingerprint density at radius 1 is 1.30 bits per heavy atom. The van der Waals surface area contributed by atoms with Crippen molar-refractivity contribution in [3.8, 4) is 0 Å². The average molecular weight is 297 g/mol.